The molecule has 0 aromatic rings. The van der Waals surface area contributed by atoms with Gasteiger partial charge in [-0.2, -0.15) is 0 Å². The number of rotatable bonds is 6. The summed E-state index contributed by atoms with van der Waals surface area (Å²) in [6.45, 7) is 12.5. The second kappa shape index (κ2) is 9.23. The van der Waals surface area contributed by atoms with Crippen molar-refractivity contribution in [2.75, 3.05) is 0 Å². The molecule has 1 aliphatic carbocycles. The smallest absolute Gasteiger partial charge is 0.00831 e. The molecule has 0 fully saturated rings. The molecule has 0 amide bonds. The van der Waals surface area contributed by atoms with Crippen molar-refractivity contribution in [3.63, 3.8) is 0 Å². The Hall–Kier alpha value is -1.76. The van der Waals surface area contributed by atoms with Gasteiger partial charge in [-0.05, 0) is 42.4 Å². The van der Waals surface area contributed by atoms with Crippen LogP contribution in [0.2, 0.25) is 0 Å². The molecule has 0 saturated heterocycles. The van der Waals surface area contributed by atoms with Gasteiger partial charge in [0.15, 0.2) is 0 Å². The molecule has 0 heterocycles. The van der Waals surface area contributed by atoms with Gasteiger partial charge in [0.05, 0.1) is 0 Å². The number of hydrogen-bond donors (Lipinski definition) is 1. The summed E-state index contributed by atoms with van der Waals surface area (Å²) in [7, 11) is 0. The van der Waals surface area contributed by atoms with E-state index in [4.69, 9.17) is 5.73 Å². The monoisotopic (exact) mass is 283 g/mol. The molecule has 0 spiro atoms. The van der Waals surface area contributed by atoms with Gasteiger partial charge in [0.2, 0.25) is 0 Å². The Morgan fingerprint density at radius 2 is 2.19 bits per heavy atom. The molecule has 2 atom stereocenters. The lowest BCUT2D eigenvalue weighted by Crippen LogP contribution is -2.14. The van der Waals surface area contributed by atoms with Crippen molar-refractivity contribution < 1.29 is 0 Å². The highest BCUT2D eigenvalue weighted by Crippen LogP contribution is 2.31. The van der Waals surface area contributed by atoms with Crippen molar-refractivity contribution in [2.45, 2.75) is 39.5 Å². The molecule has 21 heavy (non-hydrogen) atoms. The zero-order valence-electron chi connectivity index (χ0n) is 13.5. The quantitative estimate of drug-likeness (QED) is 0.508. The minimum absolute atomic E-state index is 0.307. The predicted molar refractivity (Wildman–Crippen MR) is 94.8 cm³/mol. The zero-order chi connectivity index (χ0) is 15.7. The SMILES string of the molecule is C=CC/C=C1\C=C\C/C=C\C(C(=C)/C=C(\N)CCC)C1C. The summed E-state index contributed by atoms with van der Waals surface area (Å²) in [5.74, 6) is 0.706. The van der Waals surface area contributed by atoms with Gasteiger partial charge in [0.25, 0.3) is 0 Å². The maximum absolute atomic E-state index is 6.06. The Morgan fingerprint density at radius 1 is 1.43 bits per heavy atom. The maximum Gasteiger partial charge on any atom is 0.00831 e. The van der Waals surface area contributed by atoms with Crippen LogP contribution in [0.15, 0.2) is 72.5 Å². The van der Waals surface area contributed by atoms with E-state index in [9.17, 15) is 0 Å². The average molecular weight is 283 g/mol. The molecule has 114 valence electrons. The molecule has 0 aromatic carbocycles. The van der Waals surface area contributed by atoms with E-state index in [0.717, 1.165) is 37.0 Å². The minimum atomic E-state index is 0.307. The second-order valence-electron chi connectivity index (χ2n) is 5.65. The molecule has 2 unspecified atom stereocenters. The number of hydrogen-bond acceptors (Lipinski definition) is 1. The predicted octanol–water partition coefficient (Wildman–Crippen LogP) is 5.46. The highest BCUT2D eigenvalue weighted by Gasteiger charge is 2.19. The van der Waals surface area contributed by atoms with Crippen LogP contribution in [0.5, 0.6) is 0 Å². The summed E-state index contributed by atoms with van der Waals surface area (Å²) in [4.78, 5) is 0. The van der Waals surface area contributed by atoms with E-state index >= 15 is 0 Å². The van der Waals surface area contributed by atoms with Crippen molar-refractivity contribution in [1.82, 2.24) is 0 Å². The van der Waals surface area contributed by atoms with Gasteiger partial charge in [-0.1, -0.05) is 63.3 Å². The first-order chi connectivity index (χ1) is 10.1. The molecule has 1 nitrogen and oxygen atoms in total. The van der Waals surface area contributed by atoms with Gasteiger partial charge in [-0.3, -0.25) is 0 Å². The Morgan fingerprint density at radius 3 is 2.86 bits per heavy atom. The van der Waals surface area contributed by atoms with Crippen LogP contribution in [0.3, 0.4) is 0 Å². The van der Waals surface area contributed by atoms with Crippen LogP contribution >= 0.6 is 0 Å². The van der Waals surface area contributed by atoms with Gasteiger partial charge in [0.1, 0.15) is 0 Å². The highest BCUT2D eigenvalue weighted by molar-refractivity contribution is 5.34. The topological polar surface area (TPSA) is 26.0 Å². The number of allylic oxidation sites excluding steroid dienone is 10. The van der Waals surface area contributed by atoms with Crippen LogP contribution in [-0.4, -0.2) is 0 Å². The minimum Gasteiger partial charge on any atom is -0.402 e. The summed E-state index contributed by atoms with van der Waals surface area (Å²) < 4.78 is 0. The normalized spacial score (nSPS) is 27.7. The standard InChI is InChI=1S/C20H29N/c1-5-7-12-18-13-9-8-10-14-20(17(18)4)16(3)15-19(21)11-6-2/h5,9-10,12-15,17,20H,1,3,6-8,11,21H2,2,4H3/b13-9+,14-10-,18-12+,19-15-. The van der Waals surface area contributed by atoms with Crippen molar-refractivity contribution >= 4 is 0 Å². The molecule has 1 heteroatoms. The van der Waals surface area contributed by atoms with E-state index in [1.54, 1.807) is 0 Å². The summed E-state index contributed by atoms with van der Waals surface area (Å²) in [5.41, 5.74) is 9.44. The Kier molecular flexibility index (Phi) is 7.60. The molecular formula is C20H29N. The van der Waals surface area contributed by atoms with E-state index in [0.29, 0.717) is 11.8 Å². The van der Waals surface area contributed by atoms with E-state index in [1.807, 2.05) is 6.08 Å². The summed E-state index contributed by atoms with van der Waals surface area (Å²) in [6.07, 6.45) is 19.1. The van der Waals surface area contributed by atoms with Crippen LogP contribution in [-0.2, 0) is 0 Å². The summed E-state index contributed by atoms with van der Waals surface area (Å²) >= 11 is 0. The zero-order valence-corrected chi connectivity index (χ0v) is 13.5. The molecule has 0 aliphatic heterocycles. The molecule has 0 aromatic heterocycles. The summed E-state index contributed by atoms with van der Waals surface area (Å²) in [5, 5.41) is 0. The van der Waals surface area contributed by atoms with Crippen LogP contribution in [0.1, 0.15) is 39.5 Å². The highest BCUT2D eigenvalue weighted by atomic mass is 14.6. The summed E-state index contributed by atoms with van der Waals surface area (Å²) in [6, 6.07) is 0. The molecule has 0 bridgehead atoms. The first kappa shape index (κ1) is 17.3. The van der Waals surface area contributed by atoms with Gasteiger partial charge in [0, 0.05) is 11.6 Å². The second-order valence-corrected chi connectivity index (χ2v) is 5.65. The Bertz CT molecular complexity index is 474. The lowest BCUT2D eigenvalue weighted by Gasteiger charge is -2.24. The van der Waals surface area contributed by atoms with E-state index < -0.39 is 0 Å². The van der Waals surface area contributed by atoms with Gasteiger partial charge >= 0.3 is 0 Å². The van der Waals surface area contributed by atoms with Gasteiger partial charge in [-0.25, -0.2) is 0 Å². The van der Waals surface area contributed by atoms with Crippen molar-refractivity contribution in [2.24, 2.45) is 17.6 Å². The lowest BCUT2D eigenvalue weighted by molar-refractivity contribution is 0.567. The fourth-order valence-electron chi connectivity index (χ4n) is 2.65. The van der Waals surface area contributed by atoms with Gasteiger partial charge < -0.3 is 5.73 Å². The van der Waals surface area contributed by atoms with Crippen LogP contribution in [0.4, 0.5) is 0 Å². The van der Waals surface area contributed by atoms with Gasteiger partial charge in [-0.15, -0.1) is 6.58 Å². The average Bonchev–Trinajstić information content (AvgIpc) is 2.43. The third-order valence-corrected chi connectivity index (χ3v) is 3.85. The molecule has 0 saturated carbocycles. The van der Waals surface area contributed by atoms with Crippen LogP contribution in [0, 0.1) is 11.8 Å². The largest absolute Gasteiger partial charge is 0.402 e. The van der Waals surface area contributed by atoms with Crippen molar-refractivity contribution in [1.29, 1.82) is 0 Å². The van der Waals surface area contributed by atoms with Crippen LogP contribution in [0.25, 0.3) is 0 Å². The Balaban J connectivity index is 2.97. The van der Waals surface area contributed by atoms with E-state index in [1.165, 1.54) is 5.57 Å². The molecule has 2 N–H and O–H groups in total. The fraction of sp³-hybridized carbons (Fsp3) is 0.400. The Labute approximate surface area is 130 Å². The molecular weight excluding hydrogens is 254 g/mol. The first-order valence-corrected chi connectivity index (χ1v) is 7.89. The van der Waals surface area contributed by atoms with E-state index in [-0.39, 0.29) is 0 Å². The van der Waals surface area contributed by atoms with E-state index in [2.05, 4.69) is 63.5 Å². The lowest BCUT2D eigenvalue weighted by atomic mass is 9.80. The third-order valence-electron chi connectivity index (χ3n) is 3.85. The molecule has 1 rings (SSSR count). The maximum atomic E-state index is 6.06. The molecule has 0 radical (unpaired) electrons. The van der Waals surface area contributed by atoms with Crippen molar-refractivity contribution in [3.05, 3.63) is 72.5 Å². The number of nitrogens with two attached hydrogens (primary N) is 1. The molecule has 1 aliphatic rings. The fourth-order valence-corrected chi connectivity index (χ4v) is 2.65. The first-order valence-electron chi connectivity index (χ1n) is 7.89. The van der Waals surface area contributed by atoms with Crippen LogP contribution < -0.4 is 5.73 Å². The third kappa shape index (κ3) is 5.63. The van der Waals surface area contributed by atoms with Crippen molar-refractivity contribution in [3.8, 4) is 0 Å².